The molecule has 3 aromatic heterocycles. The van der Waals surface area contributed by atoms with Crippen molar-refractivity contribution in [2.45, 2.75) is 12.7 Å². The van der Waals surface area contributed by atoms with Crippen molar-refractivity contribution >= 4 is 27.9 Å². The molecule has 0 amide bonds. The molecule has 1 aliphatic rings. The van der Waals surface area contributed by atoms with E-state index < -0.39 is 11.7 Å². The summed E-state index contributed by atoms with van der Waals surface area (Å²) in [5.74, 6) is 0.495. The maximum absolute atomic E-state index is 13.5. The van der Waals surface area contributed by atoms with E-state index in [4.69, 9.17) is 0 Å². The van der Waals surface area contributed by atoms with Gasteiger partial charge in [-0.3, -0.25) is 4.98 Å². The van der Waals surface area contributed by atoms with Crippen molar-refractivity contribution in [1.82, 2.24) is 29.7 Å². The van der Waals surface area contributed by atoms with Crippen molar-refractivity contribution in [2.75, 3.05) is 43.4 Å². The van der Waals surface area contributed by atoms with Gasteiger partial charge >= 0.3 is 6.18 Å². The molecule has 5 rings (SSSR count). The van der Waals surface area contributed by atoms with Crippen LogP contribution < -0.4 is 10.2 Å². The van der Waals surface area contributed by atoms with Gasteiger partial charge in [0.25, 0.3) is 0 Å². The third kappa shape index (κ3) is 3.91. The highest BCUT2D eigenvalue weighted by Crippen LogP contribution is 2.36. The van der Waals surface area contributed by atoms with Crippen LogP contribution in [-0.4, -0.2) is 62.9 Å². The molecule has 0 saturated carbocycles. The minimum atomic E-state index is -4.48. The van der Waals surface area contributed by atoms with E-state index in [0.29, 0.717) is 22.5 Å². The van der Waals surface area contributed by atoms with E-state index in [1.807, 2.05) is 6.07 Å². The first kappa shape index (κ1) is 20.4. The number of anilines is 2. The van der Waals surface area contributed by atoms with Crippen LogP contribution in [0.5, 0.6) is 0 Å². The lowest BCUT2D eigenvalue weighted by Gasteiger charge is -2.34. The van der Waals surface area contributed by atoms with E-state index >= 15 is 0 Å². The van der Waals surface area contributed by atoms with Gasteiger partial charge in [-0.05, 0) is 37.4 Å². The third-order valence-electron chi connectivity index (χ3n) is 5.66. The molecule has 0 bridgehead atoms. The van der Waals surface area contributed by atoms with Crippen LogP contribution in [-0.2, 0) is 12.7 Å². The van der Waals surface area contributed by atoms with Gasteiger partial charge in [0.2, 0.25) is 0 Å². The monoisotopic (exact) mass is 442 g/mol. The Balaban J connectivity index is 1.52. The number of likely N-dealkylation sites (N-methyl/N-ethyl adjacent to an activating group) is 1. The van der Waals surface area contributed by atoms with Crippen LogP contribution in [0.4, 0.5) is 24.5 Å². The van der Waals surface area contributed by atoms with Gasteiger partial charge < -0.3 is 15.1 Å². The summed E-state index contributed by atoms with van der Waals surface area (Å²) < 4.78 is 42.1. The van der Waals surface area contributed by atoms with Crippen LogP contribution >= 0.6 is 0 Å². The van der Waals surface area contributed by atoms with Crippen LogP contribution in [0.25, 0.3) is 16.6 Å². The number of nitrogens with zero attached hydrogens (tertiary/aromatic N) is 7. The lowest BCUT2D eigenvalue weighted by molar-refractivity contribution is -0.137. The summed E-state index contributed by atoms with van der Waals surface area (Å²) in [5.41, 5.74) is 1.33. The molecular formula is C21H21F3N8. The lowest BCUT2D eigenvalue weighted by atomic mass is 10.1. The van der Waals surface area contributed by atoms with Gasteiger partial charge in [0.15, 0.2) is 11.5 Å². The largest absolute Gasteiger partial charge is 0.416 e. The Bertz CT molecular complexity index is 1260. The van der Waals surface area contributed by atoms with Gasteiger partial charge in [0, 0.05) is 43.4 Å². The first-order valence-corrected chi connectivity index (χ1v) is 10.2. The molecule has 0 aliphatic carbocycles. The number of aromatic nitrogens is 5. The number of hydrogen-bond donors (Lipinski definition) is 1. The van der Waals surface area contributed by atoms with E-state index in [2.05, 4.69) is 42.4 Å². The Morgan fingerprint density at radius 1 is 1.06 bits per heavy atom. The fourth-order valence-electron chi connectivity index (χ4n) is 3.84. The van der Waals surface area contributed by atoms with Crippen molar-refractivity contribution in [3.05, 3.63) is 54.1 Å². The number of fused-ring (bicyclic) bond motifs is 2. The molecule has 0 radical (unpaired) electrons. The molecule has 1 N–H and O–H groups in total. The summed E-state index contributed by atoms with van der Waals surface area (Å²) in [6, 6.07) is 7.61. The van der Waals surface area contributed by atoms with Gasteiger partial charge in [-0.1, -0.05) is 0 Å². The molecule has 11 heteroatoms. The zero-order chi connectivity index (χ0) is 22.3. The second kappa shape index (κ2) is 7.90. The third-order valence-corrected chi connectivity index (χ3v) is 5.66. The van der Waals surface area contributed by atoms with Gasteiger partial charge in [-0.2, -0.15) is 22.8 Å². The Morgan fingerprint density at radius 2 is 1.88 bits per heavy atom. The maximum atomic E-state index is 13.5. The fraction of sp³-hybridized carbons (Fsp3) is 0.333. The first-order chi connectivity index (χ1) is 15.4. The Hall–Kier alpha value is -3.47. The summed E-state index contributed by atoms with van der Waals surface area (Å²) in [7, 11) is 2.07. The fourth-order valence-corrected chi connectivity index (χ4v) is 3.84. The summed E-state index contributed by atoms with van der Waals surface area (Å²) in [4.78, 5) is 8.80. The molecule has 0 unspecified atom stereocenters. The lowest BCUT2D eigenvalue weighted by Crippen LogP contribution is -2.44. The number of pyridine rings is 1. The Kier molecular flexibility index (Phi) is 5.04. The topological polar surface area (TPSA) is 74.5 Å². The molecule has 0 spiro atoms. The summed E-state index contributed by atoms with van der Waals surface area (Å²) in [6.07, 6.45) is -1.23. The molecule has 1 saturated heterocycles. The van der Waals surface area contributed by atoms with Gasteiger partial charge in [-0.25, -0.2) is 0 Å². The summed E-state index contributed by atoms with van der Waals surface area (Å²) in [6.45, 7) is 3.68. The molecule has 0 atom stereocenters. The predicted molar refractivity (Wildman–Crippen MR) is 115 cm³/mol. The average molecular weight is 442 g/mol. The minimum absolute atomic E-state index is 0.160. The normalized spacial score (nSPS) is 15.6. The summed E-state index contributed by atoms with van der Waals surface area (Å²) in [5, 5.41) is 16.1. The molecule has 1 aromatic carbocycles. The zero-order valence-electron chi connectivity index (χ0n) is 17.3. The van der Waals surface area contributed by atoms with E-state index in [9.17, 15) is 13.2 Å². The molecule has 32 heavy (non-hydrogen) atoms. The van der Waals surface area contributed by atoms with Gasteiger partial charge in [0.1, 0.15) is 0 Å². The van der Waals surface area contributed by atoms with E-state index in [-0.39, 0.29) is 12.1 Å². The number of benzene rings is 1. The van der Waals surface area contributed by atoms with Crippen LogP contribution in [0.2, 0.25) is 0 Å². The van der Waals surface area contributed by atoms with Crippen molar-refractivity contribution in [3.63, 3.8) is 0 Å². The highest BCUT2D eigenvalue weighted by molar-refractivity contribution is 5.94. The smallest absolute Gasteiger partial charge is 0.377 e. The minimum Gasteiger partial charge on any atom is -0.377 e. The highest BCUT2D eigenvalue weighted by atomic mass is 19.4. The quantitative estimate of drug-likeness (QED) is 0.521. The molecule has 4 heterocycles. The van der Waals surface area contributed by atoms with Gasteiger partial charge in [0.05, 0.1) is 29.5 Å². The second-order valence-electron chi connectivity index (χ2n) is 7.84. The summed E-state index contributed by atoms with van der Waals surface area (Å²) >= 11 is 0. The predicted octanol–water partition coefficient (Wildman–Crippen LogP) is 3.06. The van der Waals surface area contributed by atoms with Crippen molar-refractivity contribution < 1.29 is 13.2 Å². The standard InChI is InChI=1S/C21H21F3N8/c1-30-5-7-31(8-6-30)15-11-16-17(25-12-15)9-14(21(22,23)24)10-18(16)26-13-20-29-28-19-3-2-4-27-32(19)20/h2-4,9-12,26H,5-8,13H2,1H3. The zero-order valence-corrected chi connectivity index (χ0v) is 17.3. The number of rotatable bonds is 4. The van der Waals surface area contributed by atoms with Crippen molar-refractivity contribution in [2.24, 2.45) is 0 Å². The van der Waals surface area contributed by atoms with E-state index in [0.717, 1.165) is 44.0 Å². The van der Waals surface area contributed by atoms with E-state index in [1.54, 1.807) is 29.0 Å². The molecule has 1 aliphatic heterocycles. The van der Waals surface area contributed by atoms with Gasteiger partial charge in [-0.15, -0.1) is 10.2 Å². The Morgan fingerprint density at radius 3 is 2.66 bits per heavy atom. The molecule has 1 fully saturated rings. The van der Waals surface area contributed by atoms with Crippen LogP contribution in [0.1, 0.15) is 11.4 Å². The number of hydrogen-bond acceptors (Lipinski definition) is 7. The molecular weight excluding hydrogens is 421 g/mol. The van der Waals surface area contributed by atoms with Crippen LogP contribution in [0, 0.1) is 0 Å². The SMILES string of the molecule is CN1CCN(c2cnc3cc(C(F)(F)F)cc(NCc4nnc5cccnn45)c3c2)CC1. The van der Waals surface area contributed by atoms with E-state index in [1.165, 1.54) is 0 Å². The molecule has 4 aromatic rings. The average Bonchev–Trinajstić information content (AvgIpc) is 3.20. The molecule has 166 valence electrons. The number of halogens is 3. The first-order valence-electron chi connectivity index (χ1n) is 10.2. The number of nitrogens with one attached hydrogen (secondary N) is 1. The second-order valence-corrected chi connectivity index (χ2v) is 7.84. The van der Waals surface area contributed by atoms with Crippen molar-refractivity contribution in [1.29, 1.82) is 0 Å². The highest BCUT2D eigenvalue weighted by Gasteiger charge is 2.32. The molecule has 8 nitrogen and oxygen atoms in total. The number of piperazine rings is 1. The van der Waals surface area contributed by atoms with Crippen LogP contribution in [0.3, 0.4) is 0 Å². The van der Waals surface area contributed by atoms with Crippen LogP contribution in [0.15, 0.2) is 42.7 Å². The van der Waals surface area contributed by atoms with Crippen molar-refractivity contribution in [3.8, 4) is 0 Å². The maximum Gasteiger partial charge on any atom is 0.416 e. The Labute approximate surface area is 181 Å². The number of alkyl halides is 3.